The number of carbonyl (C=O) groups is 1. The quantitative estimate of drug-likeness (QED) is 0.640. The smallest absolute Gasteiger partial charge is 0.304 e. The molecule has 0 saturated heterocycles. The predicted molar refractivity (Wildman–Crippen MR) is 52.0 cm³/mol. The SMILES string of the molecule is O=C(O)CCNCc1ccc(O)c(F)c1. The van der Waals surface area contributed by atoms with E-state index >= 15 is 0 Å². The molecule has 0 heterocycles. The van der Waals surface area contributed by atoms with Gasteiger partial charge in [-0.15, -0.1) is 0 Å². The zero-order chi connectivity index (χ0) is 11.3. The summed E-state index contributed by atoms with van der Waals surface area (Å²) < 4.78 is 12.8. The number of carboxylic acids is 1. The summed E-state index contributed by atoms with van der Waals surface area (Å²) in [7, 11) is 0. The molecular weight excluding hydrogens is 201 g/mol. The van der Waals surface area contributed by atoms with Gasteiger partial charge < -0.3 is 15.5 Å². The molecule has 0 spiro atoms. The Morgan fingerprint density at radius 2 is 2.20 bits per heavy atom. The van der Waals surface area contributed by atoms with Gasteiger partial charge in [-0.2, -0.15) is 0 Å². The molecule has 15 heavy (non-hydrogen) atoms. The number of hydrogen-bond donors (Lipinski definition) is 3. The molecule has 3 N–H and O–H groups in total. The van der Waals surface area contributed by atoms with E-state index in [1.54, 1.807) is 6.07 Å². The standard InChI is InChI=1S/C10H12FNO3/c11-8-5-7(1-2-9(8)13)6-12-4-3-10(14)15/h1-2,5,12-13H,3-4,6H2,(H,14,15). The van der Waals surface area contributed by atoms with E-state index in [1.807, 2.05) is 0 Å². The van der Waals surface area contributed by atoms with Crippen LogP contribution < -0.4 is 5.32 Å². The minimum Gasteiger partial charge on any atom is -0.505 e. The summed E-state index contributed by atoms with van der Waals surface area (Å²) in [4.78, 5) is 10.2. The molecule has 0 fully saturated rings. The van der Waals surface area contributed by atoms with Crippen molar-refractivity contribution in [2.45, 2.75) is 13.0 Å². The van der Waals surface area contributed by atoms with Crippen LogP contribution in [-0.4, -0.2) is 22.7 Å². The van der Waals surface area contributed by atoms with Crippen LogP contribution in [0.5, 0.6) is 5.75 Å². The molecule has 4 nitrogen and oxygen atoms in total. The van der Waals surface area contributed by atoms with Gasteiger partial charge in [-0.25, -0.2) is 4.39 Å². The zero-order valence-electron chi connectivity index (χ0n) is 8.03. The third-order valence-corrected chi connectivity index (χ3v) is 1.86. The summed E-state index contributed by atoms with van der Waals surface area (Å²) in [6.45, 7) is 0.711. The largest absolute Gasteiger partial charge is 0.505 e. The molecular formula is C10H12FNO3. The summed E-state index contributed by atoms with van der Waals surface area (Å²) in [5, 5.41) is 20.1. The van der Waals surface area contributed by atoms with Gasteiger partial charge in [-0.1, -0.05) is 6.07 Å². The monoisotopic (exact) mass is 213 g/mol. The van der Waals surface area contributed by atoms with Crippen LogP contribution in [-0.2, 0) is 11.3 Å². The van der Waals surface area contributed by atoms with Crippen molar-refractivity contribution in [2.24, 2.45) is 0 Å². The topological polar surface area (TPSA) is 69.6 Å². The number of phenols is 1. The lowest BCUT2D eigenvalue weighted by atomic mass is 10.2. The van der Waals surface area contributed by atoms with E-state index in [1.165, 1.54) is 12.1 Å². The number of benzene rings is 1. The van der Waals surface area contributed by atoms with Crippen LogP contribution >= 0.6 is 0 Å². The summed E-state index contributed by atoms with van der Waals surface area (Å²) in [5.74, 6) is -1.93. The normalized spacial score (nSPS) is 10.2. The maximum absolute atomic E-state index is 12.8. The Morgan fingerprint density at radius 3 is 2.80 bits per heavy atom. The average Bonchev–Trinajstić information content (AvgIpc) is 2.18. The zero-order valence-corrected chi connectivity index (χ0v) is 8.03. The average molecular weight is 213 g/mol. The number of phenolic OH excluding ortho intramolecular Hbond substituents is 1. The van der Waals surface area contributed by atoms with Crippen molar-refractivity contribution in [3.8, 4) is 5.75 Å². The van der Waals surface area contributed by atoms with Crippen LogP contribution in [0.1, 0.15) is 12.0 Å². The van der Waals surface area contributed by atoms with Gasteiger partial charge in [0.15, 0.2) is 11.6 Å². The maximum atomic E-state index is 12.8. The molecule has 0 atom stereocenters. The highest BCUT2D eigenvalue weighted by atomic mass is 19.1. The van der Waals surface area contributed by atoms with E-state index in [9.17, 15) is 9.18 Å². The van der Waals surface area contributed by atoms with Crippen LogP contribution in [0.15, 0.2) is 18.2 Å². The van der Waals surface area contributed by atoms with Gasteiger partial charge in [-0.3, -0.25) is 4.79 Å². The Balaban J connectivity index is 2.38. The van der Waals surface area contributed by atoms with Crippen molar-refractivity contribution in [1.82, 2.24) is 5.32 Å². The molecule has 0 radical (unpaired) electrons. The van der Waals surface area contributed by atoms with E-state index in [2.05, 4.69) is 5.32 Å². The Bertz CT molecular complexity index is 355. The molecule has 82 valence electrons. The van der Waals surface area contributed by atoms with E-state index in [-0.39, 0.29) is 12.2 Å². The second-order valence-electron chi connectivity index (χ2n) is 3.11. The minimum absolute atomic E-state index is 0.0283. The third kappa shape index (κ3) is 3.95. The number of nitrogens with one attached hydrogen (secondary N) is 1. The molecule has 0 aromatic heterocycles. The van der Waals surface area contributed by atoms with Crippen LogP contribution in [0, 0.1) is 5.82 Å². The van der Waals surface area contributed by atoms with Crippen LogP contribution in [0.2, 0.25) is 0 Å². The molecule has 0 aliphatic rings. The molecule has 0 aliphatic heterocycles. The van der Waals surface area contributed by atoms with Crippen molar-refractivity contribution in [2.75, 3.05) is 6.54 Å². The highest BCUT2D eigenvalue weighted by Crippen LogP contribution is 2.15. The third-order valence-electron chi connectivity index (χ3n) is 1.86. The van der Waals surface area contributed by atoms with Gasteiger partial charge in [0.1, 0.15) is 0 Å². The molecule has 1 aromatic carbocycles. The van der Waals surface area contributed by atoms with Crippen molar-refractivity contribution >= 4 is 5.97 Å². The van der Waals surface area contributed by atoms with Gasteiger partial charge in [0.05, 0.1) is 6.42 Å². The summed E-state index contributed by atoms with van der Waals surface area (Å²) in [5.41, 5.74) is 0.663. The molecule has 1 rings (SSSR count). The van der Waals surface area contributed by atoms with E-state index in [0.717, 1.165) is 0 Å². The Labute approximate surface area is 86.4 Å². The highest BCUT2D eigenvalue weighted by Gasteiger charge is 2.01. The van der Waals surface area contributed by atoms with Crippen LogP contribution in [0.4, 0.5) is 4.39 Å². The highest BCUT2D eigenvalue weighted by molar-refractivity contribution is 5.66. The maximum Gasteiger partial charge on any atom is 0.304 e. The summed E-state index contributed by atoms with van der Waals surface area (Å²) in [6.07, 6.45) is 0.0283. The van der Waals surface area contributed by atoms with Crippen LogP contribution in [0.25, 0.3) is 0 Å². The Kier molecular flexibility index (Phi) is 4.05. The molecule has 0 bridgehead atoms. The van der Waals surface area contributed by atoms with Crippen molar-refractivity contribution in [1.29, 1.82) is 0 Å². The molecule has 5 heteroatoms. The molecule has 0 saturated carbocycles. The fourth-order valence-corrected chi connectivity index (χ4v) is 1.09. The lowest BCUT2D eigenvalue weighted by molar-refractivity contribution is -0.136. The first kappa shape index (κ1) is 11.5. The minimum atomic E-state index is -0.876. The van der Waals surface area contributed by atoms with E-state index < -0.39 is 11.8 Å². The summed E-state index contributed by atoms with van der Waals surface area (Å²) in [6, 6.07) is 4.05. The molecule has 0 aliphatic carbocycles. The van der Waals surface area contributed by atoms with Gasteiger partial charge in [0.2, 0.25) is 0 Å². The number of hydrogen-bond acceptors (Lipinski definition) is 3. The number of rotatable bonds is 5. The second-order valence-corrected chi connectivity index (χ2v) is 3.11. The fourth-order valence-electron chi connectivity index (χ4n) is 1.09. The van der Waals surface area contributed by atoms with Gasteiger partial charge >= 0.3 is 5.97 Å². The Morgan fingerprint density at radius 1 is 1.47 bits per heavy atom. The number of halogens is 1. The van der Waals surface area contributed by atoms with Crippen molar-refractivity contribution in [3.05, 3.63) is 29.6 Å². The summed E-state index contributed by atoms with van der Waals surface area (Å²) >= 11 is 0. The van der Waals surface area contributed by atoms with Gasteiger partial charge in [0.25, 0.3) is 0 Å². The van der Waals surface area contributed by atoms with Crippen molar-refractivity contribution in [3.63, 3.8) is 0 Å². The number of aliphatic carboxylic acids is 1. The fraction of sp³-hybridized carbons (Fsp3) is 0.300. The number of aromatic hydroxyl groups is 1. The first-order chi connectivity index (χ1) is 7.09. The van der Waals surface area contributed by atoms with Gasteiger partial charge in [-0.05, 0) is 17.7 Å². The number of carboxylic acid groups (broad SMARTS) is 1. The van der Waals surface area contributed by atoms with E-state index in [0.29, 0.717) is 18.7 Å². The molecule has 1 aromatic rings. The van der Waals surface area contributed by atoms with Gasteiger partial charge in [0, 0.05) is 13.1 Å². The second kappa shape index (κ2) is 5.31. The van der Waals surface area contributed by atoms with Crippen molar-refractivity contribution < 1.29 is 19.4 Å². The van der Waals surface area contributed by atoms with E-state index in [4.69, 9.17) is 10.2 Å². The lowest BCUT2D eigenvalue weighted by Crippen LogP contribution is -2.17. The first-order valence-corrected chi connectivity index (χ1v) is 4.49. The molecule has 0 unspecified atom stereocenters. The Hall–Kier alpha value is -1.62. The predicted octanol–water partition coefficient (Wildman–Crippen LogP) is 1.10. The van der Waals surface area contributed by atoms with Crippen LogP contribution in [0.3, 0.4) is 0 Å². The first-order valence-electron chi connectivity index (χ1n) is 4.49. The lowest BCUT2D eigenvalue weighted by Gasteiger charge is -2.04. The molecule has 0 amide bonds.